The molecular formula is C13H17NO4S2. The van der Waals surface area contributed by atoms with Crippen LogP contribution in [0.5, 0.6) is 0 Å². The molecule has 0 radical (unpaired) electrons. The molecule has 2 N–H and O–H groups in total. The molecule has 0 spiro atoms. The van der Waals surface area contributed by atoms with Gasteiger partial charge in [-0.3, -0.25) is 0 Å². The number of sulfonamides is 1. The SMILES string of the molecule is COC(C)CNS(=O)(=O)c1c(CO)sc2ccccc12. The van der Waals surface area contributed by atoms with Gasteiger partial charge in [0.1, 0.15) is 4.90 Å². The van der Waals surface area contributed by atoms with E-state index >= 15 is 0 Å². The topological polar surface area (TPSA) is 75.6 Å². The fourth-order valence-electron chi connectivity index (χ4n) is 1.85. The Morgan fingerprint density at radius 3 is 2.75 bits per heavy atom. The zero-order chi connectivity index (χ0) is 14.8. The summed E-state index contributed by atoms with van der Waals surface area (Å²) in [5, 5.41) is 10.0. The first-order valence-corrected chi connectivity index (χ1v) is 8.43. The van der Waals surface area contributed by atoms with Crippen LogP contribution >= 0.6 is 11.3 Å². The van der Waals surface area contributed by atoms with Crippen molar-refractivity contribution in [1.82, 2.24) is 4.72 Å². The summed E-state index contributed by atoms with van der Waals surface area (Å²) in [6, 6.07) is 7.22. The highest BCUT2D eigenvalue weighted by Crippen LogP contribution is 2.34. The van der Waals surface area contributed by atoms with E-state index in [1.54, 1.807) is 19.1 Å². The van der Waals surface area contributed by atoms with Crippen molar-refractivity contribution in [2.45, 2.75) is 24.5 Å². The van der Waals surface area contributed by atoms with E-state index in [4.69, 9.17) is 4.74 Å². The Hall–Kier alpha value is -0.990. The van der Waals surface area contributed by atoms with E-state index in [2.05, 4.69) is 4.72 Å². The molecule has 0 saturated heterocycles. The third-order valence-corrected chi connectivity index (χ3v) is 5.83. The molecule has 0 aliphatic carbocycles. The van der Waals surface area contributed by atoms with Crippen LogP contribution < -0.4 is 4.72 Å². The summed E-state index contributed by atoms with van der Waals surface area (Å²) in [5.74, 6) is 0. The number of hydrogen-bond acceptors (Lipinski definition) is 5. The van der Waals surface area contributed by atoms with E-state index in [-0.39, 0.29) is 24.2 Å². The predicted molar refractivity (Wildman–Crippen MR) is 79.4 cm³/mol. The Morgan fingerprint density at radius 2 is 2.10 bits per heavy atom. The first-order chi connectivity index (χ1) is 9.49. The number of thiophene rings is 1. The van der Waals surface area contributed by atoms with Crippen LogP contribution in [0.3, 0.4) is 0 Å². The van der Waals surface area contributed by atoms with E-state index in [1.165, 1.54) is 18.4 Å². The first kappa shape index (κ1) is 15.4. The van der Waals surface area contributed by atoms with Gasteiger partial charge in [-0.05, 0) is 13.0 Å². The van der Waals surface area contributed by atoms with Gasteiger partial charge in [0.05, 0.1) is 17.6 Å². The number of rotatable bonds is 6. The molecule has 0 bridgehead atoms. The van der Waals surface area contributed by atoms with E-state index < -0.39 is 10.0 Å². The van der Waals surface area contributed by atoms with Crippen LogP contribution in [0.15, 0.2) is 29.2 Å². The van der Waals surface area contributed by atoms with Crippen molar-refractivity contribution >= 4 is 31.4 Å². The molecule has 0 aliphatic rings. The normalized spacial score (nSPS) is 13.8. The third kappa shape index (κ3) is 3.02. The van der Waals surface area contributed by atoms with Gasteiger partial charge < -0.3 is 9.84 Å². The molecule has 7 heteroatoms. The number of aliphatic hydroxyl groups is 1. The monoisotopic (exact) mass is 315 g/mol. The van der Waals surface area contributed by atoms with Crippen LogP contribution in [0.4, 0.5) is 0 Å². The third-order valence-electron chi connectivity index (χ3n) is 2.99. The summed E-state index contributed by atoms with van der Waals surface area (Å²) in [6.07, 6.45) is -0.216. The van der Waals surface area contributed by atoms with E-state index in [0.717, 1.165) is 4.70 Å². The van der Waals surface area contributed by atoms with E-state index in [9.17, 15) is 13.5 Å². The van der Waals surface area contributed by atoms with Gasteiger partial charge in [-0.15, -0.1) is 11.3 Å². The largest absolute Gasteiger partial charge is 0.391 e. The maximum Gasteiger partial charge on any atom is 0.242 e. The lowest BCUT2D eigenvalue weighted by Gasteiger charge is -2.11. The molecule has 0 aliphatic heterocycles. The summed E-state index contributed by atoms with van der Waals surface area (Å²) < 4.78 is 33.3. The van der Waals surface area contributed by atoms with Crippen LogP contribution in [-0.2, 0) is 21.4 Å². The lowest BCUT2D eigenvalue weighted by atomic mass is 10.2. The molecule has 5 nitrogen and oxygen atoms in total. The average Bonchev–Trinajstić information content (AvgIpc) is 2.84. The minimum atomic E-state index is -3.67. The minimum absolute atomic E-state index is 0.170. The number of fused-ring (bicyclic) bond motifs is 1. The lowest BCUT2D eigenvalue weighted by molar-refractivity contribution is 0.122. The fraction of sp³-hybridized carbons (Fsp3) is 0.385. The molecule has 20 heavy (non-hydrogen) atoms. The van der Waals surface area contributed by atoms with Crippen molar-refractivity contribution in [2.75, 3.05) is 13.7 Å². The molecular weight excluding hydrogens is 298 g/mol. The summed E-state index contributed by atoms with van der Waals surface area (Å²) in [7, 11) is -2.15. The number of nitrogens with one attached hydrogen (secondary N) is 1. The van der Waals surface area contributed by atoms with E-state index in [0.29, 0.717) is 10.3 Å². The Bertz CT molecular complexity index is 693. The smallest absolute Gasteiger partial charge is 0.242 e. The number of ether oxygens (including phenoxy) is 1. The van der Waals surface area contributed by atoms with Gasteiger partial charge in [0.2, 0.25) is 10.0 Å². The van der Waals surface area contributed by atoms with Gasteiger partial charge >= 0.3 is 0 Å². The maximum absolute atomic E-state index is 12.4. The number of aliphatic hydroxyl groups excluding tert-OH is 1. The highest BCUT2D eigenvalue weighted by Gasteiger charge is 2.24. The van der Waals surface area contributed by atoms with Crippen molar-refractivity contribution < 1.29 is 18.3 Å². The van der Waals surface area contributed by atoms with Crippen LogP contribution in [0, 0.1) is 0 Å². The Morgan fingerprint density at radius 1 is 1.40 bits per heavy atom. The summed E-state index contributed by atoms with van der Waals surface area (Å²) in [6.45, 7) is 1.67. The lowest BCUT2D eigenvalue weighted by Crippen LogP contribution is -2.32. The second-order valence-electron chi connectivity index (χ2n) is 4.41. The molecule has 1 aromatic heterocycles. The van der Waals surface area contributed by atoms with Crippen molar-refractivity contribution in [3.05, 3.63) is 29.1 Å². The molecule has 2 aromatic rings. The standard InChI is InChI=1S/C13H17NO4S2/c1-9(18-2)7-14-20(16,17)13-10-5-3-4-6-11(10)19-12(13)8-15/h3-6,9,14-15H,7-8H2,1-2H3. The number of methoxy groups -OCH3 is 1. The first-order valence-electron chi connectivity index (χ1n) is 6.13. The second kappa shape index (κ2) is 6.19. The van der Waals surface area contributed by atoms with Crippen molar-refractivity contribution in [2.24, 2.45) is 0 Å². The van der Waals surface area contributed by atoms with Gasteiger partial charge in [-0.25, -0.2) is 13.1 Å². The van der Waals surface area contributed by atoms with Crippen molar-refractivity contribution in [3.63, 3.8) is 0 Å². The van der Waals surface area contributed by atoms with Crippen molar-refractivity contribution in [1.29, 1.82) is 0 Å². The molecule has 110 valence electrons. The molecule has 0 fully saturated rings. The highest BCUT2D eigenvalue weighted by atomic mass is 32.2. The average molecular weight is 315 g/mol. The molecule has 2 rings (SSSR count). The van der Waals surface area contributed by atoms with Gasteiger partial charge in [-0.1, -0.05) is 18.2 Å². The summed E-state index contributed by atoms with van der Waals surface area (Å²) >= 11 is 1.29. The number of benzene rings is 1. The van der Waals surface area contributed by atoms with Gasteiger partial charge in [0.25, 0.3) is 0 Å². The number of hydrogen-bond donors (Lipinski definition) is 2. The zero-order valence-electron chi connectivity index (χ0n) is 11.3. The summed E-state index contributed by atoms with van der Waals surface area (Å²) in [5.41, 5.74) is 0. The molecule has 0 saturated carbocycles. The van der Waals surface area contributed by atoms with Gasteiger partial charge in [-0.2, -0.15) is 0 Å². The predicted octanol–water partition coefficient (Wildman–Crippen LogP) is 1.71. The molecule has 1 aromatic carbocycles. The van der Waals surface area contributed by atoms with Crippen LogP contribution in [0.1, 0.15) is 11.8 Å². The zero-order valence-corrected chi connectivity index (χ0v) is 12.9. The maximum atomic E-state index is 12.4. The molecule has 1 unspecified atom stereocenters. The van der Waals surface area contributed by atoms with Gasteiger partial charge in [0.15, 0.2) is 0 Å². The Balaban J connectivity index is 2.45. The van der Waals surface area contributed by atoms with Crippen molar-refractivity contribution in [3.8, 4) is 0 Å². The fourth-order valence-corrected chi connectivity index (χ4v) is 4.76. The van der Waals surface area contributed by atoms with Crippen LogP contribution in [0.25, 0.3) is 10.1 Å². The Labute approximate surface area is 122 Å². The molecule has 1 heterocycles. The van der Waals surface area contributed by atoms with Crippen LogP contribution in [-0.4, -0.2) is 33.3 Å². The second-order valence-corrected chi connectivity index (χ2v) is 7.25. The van der Waals surface area contributed by atoms with Crippen LogP contribution in [0.2, 0.25) is 0 Å². The molecule has 0 amide bonds. The Kier molecular flexibility index (Phi) is 4.77. The quantitative estimate of drug-likeness (QED) is 0.851. The summed E-state index contributed by atoms with van der Waals surface area (Å²) in [4.78, 5) is 0.618. The minimum Gasteiger partial charge on any atom is -0.391 e. The highest BCUT2D eigenvalue weighted by molar-refractivity contribution is 7.90. The van der Waals surface area contributed by atoms with E-state index in [1.807, 2.05) is 12.1 Å². The molecule has 1 atom stereocenters. The van der Waals surface area contributed by atoms with Gasteiger partial charge in [0, 0.05) is 23.7 Å².